The summed E-state index contributed by atoms with van der Waals surface area (Å²) in [5, 5.41) is 3.54. The van der Waals surface area contributed by atoms with E-state index in [2.05, 4.69) is 5.32 Å². The van der Waals surface area contributed by atoms with Crippen LogP contribution in [0.15, 0.2) is 57.8 Å². The van der Waals surface area contributed by atoms with Crippen molar-refractivity contribution in [1.29, 1.82) is 0 Å². The van der Waals surface area contributed by atoms with E-state index >= 15 is 0 Å². The van der Waals surface area contributed by atoms with Crippen molar-refractivity contribution in [3.8, 4) is 0 Å². The zero-order valence-corrected chi connectivity index (χ0v) is 13.7. The molecule has 0 spiro atoms. The van der Waals surface area contributed by atoms with Crippen molar-refractivity contribution in [1.82, 2.24) is 5.32 Å². The minimum atomic E-state index is -4.87. The smallest absolute Gasteiger partial charge is 0.332 e. The van der Waals surface area contributed by atoms with Crippen molar-refractivity contribution in [2.24, 2.45) is 0 Å². The first-order valence-electron chi connectivity index (χ1n) is 6.85. The first-order valence-corrected chi connectivity index (χ1v) is 8.61. The molecule has 1 amide bonds. The van der Waals surface area contributed by atoms with E-state index in [0.29, 0.717) is 11.1 Å². The zero-order valence-electron chi connectivity index (χ0n) is 12.1. The number of carbonyl (C=O) groups excluding carboxylic acids is 1. The molecule has 124 valence electrons. The van der Waals surface area contributed by atoms with Crippen LogP contribution in [0.3, 0.4) is 0 Å². The molecule has 8 heteroatoms. The van der Waals surface area contributed by atoms with Gasteiger partial charge in [0, 0.05) is 23.1 Å². The predicted octanol–water partition coefficient (Wildman–Crippen LogP) is 3.67. The van der Waals surface area contributed by atoms with Gasteiger partial charge in [-0.15, -0.1) is 3.89 Å². The van der Waals surface area contributed by atoms with Gasteiger partial charge < -0.3 is 9.73 Å². The van der Waals surface area contributed by atoms with E-state index < -0.39 is 21.0 Å². The van der Waals surface area contributed by atoms with Crippen molar-refractivity contribution >= 4 is 38.7 Å². The number of furan rings is 1. The Kier molecular flexibility index (Phi) is 4.29. The highest BCUT2D eigenvalue weighted by molar-refractivity contribution is 7.86. The van der Waals surface area contributed by atoms with E-state index in [0.717, 1.165) is 17.5 Å². The van der Waals surface area contributed by atoms with Crippen LogP contribution >= 0.6 is 11.6 Å². The second-order valence-corrected chi connectivity index (χ2v) is 6.69. The van der Waals surface area contributed by atoms with Gasteiger partial charge in [0.2, 0.25) is 0 Å². The molecular weight excluding hydrogens is 357 g/mol. The van der Waals surface area contributed by atoms with E-state index in [1.807, 2.05) is 12.1 Å². The molecule has 24 heavy (non-hydrogen) atoms. The van der Waals surface area contributed by atoms with Crippen LogP contribution in [0, 0.1) is 0 Å². The summed E-state index contributed by atoms with van der Waals surface area (Å²) in [6.07, 6.45) is 0. The van der Waals surface area contributed by atoms with Crippen molar-refractivity contribution in [2.75, 3.05) is 0 Å². The number of carbonyl (C=O) groups is 1. The summed E-state index contributed by atoms with van der Waals surface area (Å²) in [5.41, 5.74) is 1.23. The van der Waals surface area contributed by atoms with Gasteiger partial charge in [0.25, 0.3) is 5.91 Å². The lowest BCUT2D eigenvalue weighted by atomic mass is 10.1. The molecular formula is C16H11ClFNO4S. The Bertz CT molecular complexity index is 1030. The Morgan fingerprint density at radius 1 is 1.17 bits per heavy atom. The number of hydrogen-bond donors (Lipinski definition) is 1. The Morgan fingerprint density at radius 2 is 1.92 bits per heavy atom. The van der Waals surface area contributed by atoms with Gasteiger partial charge in [-0.05, 0) is 35.9 Å². The van der Waals surface area contributed by atoms with Crippen molar-refractivity contribution < 1.29 is 21.5 Å². The van der Waals surface area contributed by atoms with E-state index in [-0.39, 0.29) is 17.3 Å². The normalized spacial score (nSPS) is 11.6. The number of amides is 1. The van der Waals surface area contributed by atoms with Crippen LogP contribution in [0.2, 0.25) is 5.22 Å². The standard InChI is InChI=1S/C16H11ClFNO4S/c17-15-13(12-6-1-2-7-14(12)23-15)9-19-16(20)10-4-3-5-11(8-10)24(18,21)22/h1-8H,9H2,(H,19,20). The molecule has 1 N–H and O–H groups in total. The summed E-state index contributed by atoms with van der Waals surface area (Å²) in [5.74, 6) is -0.554. The summed E-state index contributed by atoms with van der Waals surface area (Å²) in [7, 11) is -4.87. The maximum atomic E-state index is 13.0. The van der Waals surface area contributed by atoms with E-state index in [1.165, 1.54) is 12.1 Å². The molecule has 3 rings (SSSR count). The third kappa shape index (κ3) is 3.27. The molecule has 5 nitrogen and oxygen atoms in total. The summed E-state index contributed by atoms with van der Waals surface area (Å²) in [6.45, 7) is 0.0846. The molecule has 1 aromatic heterocycles. The topological polar surface area (TPSA) is 76.4 Å². The molecule has 1 heterocycles. The minimum absolute atomic E-state index is 0.0256. The fourth-order valence-corrected chi connectivity index (χ4v) is 3.05. The largest absolute Gasteiger partial charge is 0.444 e. The third-order valence-electron chi connectivity index (χ3n) is 3.45. The van der Waals surface area contributed by atoms with Gasteiger partial charge in [0.15, 0.2) is 5.22 Å². The lowest BCUT2D eigenvalue weighted by Gasteiger charge is -2.05. The predicted molar refractivity (Wildman–Crippen MR) is 87.1 cm³/mol. The molecule has 0 aliphatic heterocycles. The molecule has 0 aliphatic rings. The van der Waals surface area contributed by atoms with Gasteiger partial charge in [0.05, 0.1) is 4.90 Å². The van der Waals surface area contributed by atoms with Gasteiger partial charge in [-0.3, -0.25) is 4.79 Å². The summed E-state index contributed by atoms with van der Waals surface area (Å²) < 4.78 is 40.2. The van der Waals surface area contributed by atoms with E-state index in [1.54, 1.807) is 12.1 Å². The van der Waals surface area contributed by atoms with Crippen LogP contribution in [0.4, 0.5) is 3.89 Å². The number of halogens is 2. The highest BCUT2D eigenvalue weighted by Gasteiger charge is 2.16. The number of nitrogens with one attached hydrogen (secondary N) is 1. The molecule has 0 aliphatic carbocycles. The molecule has 2 aromatic carbocycles. The average Bonchev–Trinajstić information content (AvgIpc) is 2.87. The van der Waals surface area contributed by atoms with Crippen molar-refractivity contribution in [2.45, 2.75) is 11.4 Å². The molecule has 0 fully saturated rings. The van der Waals surface area contributed by atoms with Gasteiger partial charge in [0.1, 0.15) is 5.58 Å². The second-order valence-electron chi connectivity index (χ2n) is 5.00. The van der Waals surface area contributed by atoms with Crippen molar-refractivity contribution in [3.05, 3.63) is 64.9 Å². The van der Waals surface area contributed by atoms with Gasteiger partial charge in [-0.1, -0.05) is 24.3 Å². The van der Waals surface area contributed by atoms with E-state index in [9.17, 15) is 17.1 Å². The maximum Gasteiger partial charge on any atom is 0.332 e. The SMILES string of the molecule is O=C(NCc1c(Cl)oc2ccccc12)c1cccc(S(=O)(=O)F)c1. The summed E-state index contributed by atoms with van der Waals surface area (Å²) in [4.78, 5) is 11.6. The van der Waals surface area contributed by atoms with Gasteiger partial charge in [-0.2, -0.15) is 8.42 Å². The highest BCUT2D eigenvalue weighted by Crippen LogP contribution is 2.29. The minimum Gasteiger partial charge on any atom is -0.444 e. The lowest BCUT2D eigenvalue weighted by molar-refractivity contribution is 0.0951. The maximum absolute atomic E-state index is 13.0. The number of hydrogen-bond acceptors (Lipinski definition) is 4. The highest BCUT2D eigenvalue weighted by atomic mass is 35.5. The van der Waals surface area contributed by atoms with Crippen LogP contribution in [0.25, 0.3) is 11.0 Å². The molecule has 0 radical (unpaired) electrons. The fraction of sp³-hybridized carbons (Fsp3) is 0.0625. The van der Waals surface area contributed by atoms with Gasteiger partial charge in [-0.25, -0.2) is 0 Å². The number of rotatable bonds is 4. The number of para-hydroxylation sites is 1. The average molecular weight is 368 g/mol. The quantitative estimate of drug-likeness (QED) is 0.714. The molecule has 0 saturated heterocycles. The summed E-state index contributed by atoms with van der Waals surface area (Å²) in [6, 6.07) is 11.9. The van der Waals surface area contributed by atoms with Crippen LogP contribution in [-0.2, 0) is 16.8 Å². The Balaban J connectivity index is 1.82. The van der Waals surface area contributed by atoms with Crippen LogP contribution in [-0.4, -0.2) is 14.3 Å². The monoisotopic (exact) mass is 367 g/mol. The van der Waals surface area contributed by atoms with Crippen LogP contribution in [0.5, 0.6) is 0 Å². The summed E-state index contributed by atoms with van der Waals surface area (Å²) >= 11 is 6.04. The first-order chi connectivity index (χ1) is 11.4. The molecule has 0 atom stereocenters. The van der Waals surface area contributed by atoms with Gasteiger partial charge >= 0.3 is 10.2 Å². The zero-order chi connectivity index (χ0) is 17.3. The number of fused-ring (bicyclic) bond motifs is 1. The number of benzene rings is 2. The van der Waals surface area contributed by atoms with E-state index in [4.69, 9.17) is 16.0 Å². The Labute approximate surface area is 142 Å². The first kappa shape index (κ1) is 16.5. The Hall–Kier alpha value is -2.38. The Morgan fingerprint density at radius 3 is 2.67 bits per heavy atom. The lowest BCUT2D eigenvalue weighted by Crippen LogP contribution is -2.23. The second kappa shape index (κ2) is 6.26. The fourth-order valence-electron chi connectivity index (χ4n) is 2.29. The molecule has 0 bridgehead atoms. The molecule has 0 saturated carbocycles. The van der Waals surface area contributed by atoms with Crippen LogP contribution < -0.4 is 5.32 Å². The van der Waals surface area contributed by atoms with Crippen LogP contribution in [0.1, 0.15) is 15.9 Å². The van der Waals surface area contributed by atoms with Crippen molar-refractivity contribution in [3.63, 3.8) is 0 Å². The third-order valence-corrected chi connectivity index (χ3v) is 4.57. The molecule has 3 aromatic rings. The molecule has 0 unspecified atom stereocenters.